The largest absolute Gasteiger partial charge is 0.493 e. The smallest absolute Gasteiger partial charge is 0.315 e. The Bertz CT molecular complexity index is 705. The van der Waals surface area contributed by atoms with Crippen LogP contribution < -0.4 is 14.9 Å². The SMILES string of the molecule is O=[N+]([O-])c1cc2c(cc1Oc1cccnc1P)CCCO2. The highest BCUT2D eigenvalue weighted by Gasteiger charge is 2.23. The van der Waals surface area contributed by atoms with E-state index in [1.165, 1.54) is 6.07 Å². The van der Waals surface area contributed by atoms with Gasteiger partial charge < -0.3 is 9.47 Å². The van der Waals surface area contributed by atoms with Gasteiger partial charge in [-0.1, -0.05) is 9.24 Å². The van der Waals surface area contributed by atoms with Crippen molar-refractivity contribution in [2.45, 2.75) is 12.8 Å². The number of fused-ring (bicyclic) bond motifs is 1. The van der Waals surface area contributed by atoms with E-state index in [4.69, 9.17) is 9.47 Å². The van der Waals surface area contributed by atoms with Crippen molar-refractivity contribution in [2.75, 3.05) is 6.61 Å². The second-order valence-corrected chi connectivity index (χ2v) is 5.17. The summed E-state index contributed by atoms with van der Waals surface area (Å²) in [6.07, 6.45) is 3.35. The molecule has 7 heteroatoms. The number of benzene rings is 1. The summed E-state index contributed by atoms with van der Waals surface area (Å²) >= 11 is 0. The van der Waals surface area contributed by atoms with Crippen LogP contribution in [0.25, 0.3) is 0 Å². The van der Waals surface area contributed by atoms with Gasteiger partial charge in [0.2, 0.25) is 5.75 Å². The Hall–Kier alpha value is -2.20. The van der Waals surface area contributed by atoms with Gasteiger partial charge in [0.25, 0.3) is 0 Å². The molecule has 0 radical (unpaired) electrons. The Kier molecular flexibility index (Phi) is 3.71. The Morgan fingerprint density at radius 1 is 1.38 bits per heavy atom. The van der Waals surface area contributed by atoms with Crippen molar-refractivity contribution in [3.8, 4) is 17.2 Å². The van der Waals surface area contributed by atoms with Crippen molar-refractivity contribution >= 4 is 20.4 Å². The van der Waals surface area contributed by atoms with Crippen LogP contribution in [-0.4, -0.2) is 16.5 Å². The fourth-order valence-corrected chi connectivity index (χ4v) is 2.44. The molecule has 1 atom stereocenters. The molecule has 0 bridgehead atoms. The van der Waals surface area contributed by atoms with Crippen molar-refractivity contribution in [1.82, 2.24) is 4.98 Å². The summed E-state index contributed by atoms with van der Waals surface area (Å²) in [6.45, 7) is 0.586. The van der Waals surface area contributed by atoms with Crippen molar-refractivity contribution in [2.24, 2.45) is 0 Å². The van der Waals surface area contributed by atoms with E-state index in [0.29, 0.717) is 23.5 Å². The van der Waals surface area contributed by atoms with E-state index in [2.05, 4.69) is 14.2 Å². The lowest BCUT2D eigenvalue weighted by Crippen LogP contribution is -2.10. The molecule has 108 valence electrons. The highest BCUT2D eigenvalue weighted by Crippen LogP contribution is 2.38. The number of rotatable bonds is 3. The number of nitrogens with zero attached hydrogens (tertiary/aromatic N) is 2. The Labute approximate surface area is 123 Å². The van der Waals surface area contributed by atoms with Crippen LogP contribution in [0.4, 0.5) is 5.69 Å². The third-order valence-electron chi connectivity index (χ3n) is 3.21. The van der Waals surface area contributed by atoms with Gasteiger partial charge in [0, 0.05) is 6.20 Å². The number of nitro benzene ring substituents is 1. The topological polar surface area (TPSA) is 74.5 Å². The van der Waals surface area contributed by atoms with Crippen LogP contribution in [-0.2, 0) is 6.42 Å². The van der Waals surface area contributed by atoms with E-state index >= 15 is 0 Å². The second-order valence-electron chi connectivity index (χ2n) is 4.63. The minimum atomic E-state index is -0.466. The molecule has 0 aliphatic carbocycles. The zero-order chi connectivity index (χ0) is 14.8. The Morgan fingerprint density at radius 3 is 3.00 bits per heavy atom. The van der Waals surface area contributed by atoms with E-state index in [1.54, 1.807) is 24.4 Å². The summed E-state index contributed by atoms with van der Waals surface area (Å²) in [6, 6.07) is 6.55. The third-order valence-corrected chi connectivity index (χ3v) is 3.64. The normalized spacial score (nSPS) is 13.2. The molecule has 0 spiro atoms. The summed E-state index contributed by atoms with van der Waals surface area (Å²) in [5.41, 5.74) is 1.42. The number of nitro groups is 1. The number of ether oxygens (including phenoxy) is 2. The first kappa shape index (κ1) is 13.8. The summed E-state index contributed by atoms with van der Waals surface area (Å²) in [7, 11) is 2.45. The molecule has 1 aromatic carbocycles. The van der Waals surface area contributed by atoms with Gasteiger partial charge in [-0.2, -0.15) is 0 Å². The fraction of sp³-hybridized carbons (Fsp3) is 0.214. The maximum absolute atomic E-state index is 11.2. The zero-order valence-electron chi connectivity index (χ0n) is 11.1. The minimum absolute atomic E-state index is 0.107. The molecule has 0 amide bonds. The molecule has 1 aromatic heterocycles. The third kappa shape index (κ3) is 2.81. The lowest BCUT2D eigenvalue weighted by molar-refractivity contribution is -0.385. The van der Waals surface area contributed by atoms with Gasteiger partial charge in [0.1, 0.15) is 5.75 Å². The zero-order valence-corrected chi connectivity index (χ0v) is 12.3. The number of pyridine rings is 1. The first-order valence-corrected chi connectivity index (χ1v) is 7.05. The van der Waals surface area contributed by atoms with Crippen LogP contribution >= 0.6 is 9.24 Å². The predicted molar refractivity (Wildman–Crippen MR) is 80.6 cm³/mol. The number of hydrogen-bond donors (Lipinski definition) is 0. The Morgan fingerprint density at radius 2 is 2.24 bits per heavy atom. The van der Waals surface area contributed by atoms with Crippen LogP contribution in [0.15, 0.2) is 30.5 Å². The van der Waals surface area contributed by atoms with Crippen LogP contribution in [0.5, 0.6) is 17.2 Å². The molecular formula is C14H13N2O4P. The van der Waals surface area contributed by atoms with Gasteiger partial charge >= 0.3 is 5.69 Å². The van der Waals surface area contributed by atoms with E-state index in [1.807, 2.05) is 0 Å². The highest BCUT2D eigenvalue weighted by molar-refractivity contribution is 7.27. The lowest BCUT2D eigenvalue weighted by atomic mass is 10.1. The highest BCUT2D eigenvalue weighted by atomic mass is 31.0. The maximum Gasteiger partial charge on any atom is 0.315 e. The van der Waals surface area contributed by atoms with Gasteiger partial charge in [-0.15, -0.1) is 0 Å². The average molecular weight is 304 g/mol. The average Bonchev–Trinajstić information content (AvgIpc) is 2.48. The monoisotopic (exact) mass is 304 g/mol. The molecule has 21 heavy (non-hydrogen) atoms. The molecule has 0 fully saturated rings. The summed E-state index contributed by atoms with van der Waals surface area (Å²) in [5.74, 6) is 1.25. The van der Waals surface area contributed by atoms with E-state index in [9.17, 15) is 10.1 Å². The molecule has 2 aromatic rings. The molecule has 6 nitrogen and oxygen atoms in total. The van der Waals surface area contributed by atoms with Gasteiger partial charge in [-0.3, -0.25) is 15.1 Å². The van der Waals surface area contributed by atoms with Crippen molar-refractivity contribution in [3.63, 3.8) is 0 Å². The number of hydrogen-bond acceptors (Lipinski definition) is 5. The quantitative estimate of drug-likeness (QED) is 0.495. The van der Waals surface area contributed by atoms with Gasteiger partial charge in [0.05, 0.1) is 23.0 Å². The van der Waals surface area contributed by atoms with Crippen molar-refractivity contribution < 1.29 is 14.4 Å². The fourth-order valence-electron chi connectivity index (χ4n) is 2.20. The minimum Gasteiger partial charge on any atom is -0.493 e. The molecule has 0 N–H and O–H groups in total. The molecule has 1 aliphatic rings. The van der Waals surface area contributed by atoms with Crippen LogP contribution in [0, 0.1) is 10.1 Å². The van der Waals surface area contributed by atoms with Crippen molar-refractivity contribution in [3.05, 3.63) is 46.1 Å². The number of aryl methyl sites for hydroxylation is 1. The molecule has 1 unspecified atom stereocenters. The first-order chi connectivity index (χ1) is 10.1. The predicted octanol–water partition coefficient (Wildman–Crippen LogP) is 2.61. The molecule has 3 rings (SSSR count). The second kappa shape index (κ2) is 5.66. The Balaban J connectivity index is 2.04. The van der Waals surface area contributed by atoms with Gasteiger partial charge in [0.15, 0.2) is 5.75 Å². The van der Waals surface area contributed by atoms with Gasteiger partial charge in [-0.25, -0.2) is 0 Å². The molecule has 2 heterocycles. The van der Waals surface area contributed by atoms with Crippen LogP contribution in [0.3, 0.4) is 0 Å². The standard InChI is InChI=1S/C14H13N2O4P/c17-16(18)10-8-12-9(3-2-6-19-12)7-13(10)20-11-4-1-5-15-14(11)21/h1,4-5,7-8H,2-3,6,21H2. The van der Waals surface area contributed by atoms with Crippen molar-refractivity contribution in [1.29, 1.82) is 0 Å². The first-order valence-electron chi connectivity index (χ1n) is 6.47. The molecular weight excluding hydrogens is 291 g/mol. The van der Waals surface area contributed by atoms with E-state index in [0.717, 1.165) is 18.4 Å². The summed E-state index contributed by atoms with van der Waals surface area (Å²) in [4.78, 5) is 14.8. The molecule has 0 saturated carbocycles. The molecule has 0 saturated heterocycles. The van der Waals surface area contributed by atoms with Crippen LogP contribution in [0.1, 0.15) is 12.0 Å². The van der Waals surface area contributed by atoms with E-state index < -0.39 is 4.92 Å². The van der Waals surface area contributed by atoms with Crippen LogP contribution in [0.2, 0.25) is 0 Å². The summed E-state index contributed by atoms with van der Waals surface area (Å²) in [5, 5.41) is 11.2. The molecule has 1 aliphatic heterocycles. The summed E-state index contributed by atoms with van der Waals surface area (Å²) < 4.78 is 11.2. The maximum atomic E-state index is 11.2. The number of aromatic nitrogens is 1. The van der Waals surface area contributed by atoms with E-state index in [-0.39, 0.29) is 11.4 Å². The lowest BCUT2D eigenvalue weighted by Gasteiger charge is -2.18. The van der Waals surface area contributed by atoms with Gasteiger partial charge in [-0.05, 0) is 36.6 Å².